The molecule has 3 heterocycles. The predicted octanol–water partition coefficient (Wildman–Crippen LogP) is 0.0504. The molecular formula is C17H27N5O4S. The monoisotopic (exact) mass is 397 g/mol. The second kappa shape index (κ2) is 7.69. The van der Waals surface area contributed by atoms with E-state index >= 15 is 0 Å². The summed E-state index contributed by atoms with van der Waals surface area (Å²) in [5.74, 6) is 0.733. The molecule has 2 aliphatic heterocycles. The molecule has 1 aromatic heterocycles. The normalized spacial score (nSPS) is 21.3. The standard InChI is InChI=1S/C17H27N5O4S/c1-4-15(23)21-8-5-6-12(10-21)16-18-14-7-9-22(27(25,26)20(2)3)11-13(14)17(24)19-16/h12H,4-11H2,1-3H3,(H,18,19,24)/t12-/m1/s1. The Morgan fingerprint density at radius 2 is 2.07 bits per heavy atom. The molecule has 1 fully saturated rings. The van der Waals surface area contributed by atoms with Crippen LogP contribution in [0.2, 0.25) is 0 Å². The van der Waals surface area contributed by atoms with Crippen molar-refractivity contribution in [3.8, 4) is 0 Å². The van der Waals surface area contributed by atoms with Crippen LogP contribution in [0.25, 0.3) is 0 Å². The molecule has 0 aromatic carbocycles. The van der Waals surface area contributed by atoms with Gasteiger partial charge < -0.3 is 9.88 Å². The number of H-pyrrole nitrogens is 1. The lowest BCUT2D eigenvalue weighted by Crippen LogP contribution is -2.45. The molecule has 1 saturated heterocycles. The number of aromatic nitrogens is 2. The van der Waals surface area contributed by atoms with Crippen molar-refractivity contribution < 1.29 is 13.2 Å². The number of carbonyl (C=O) groups is 1. The van der Waals surface area contributed by atoms with Crippen LogP contribution in [-0.2, 0) is 28.0 Å². The number of carbonyl (C=O) groups excluding carboxylic acids is 1. The van der Waals surface area contributed by atoms with Gasteiger partial charge in [-0.2, -0.15) is 17.0 Å². The highest BCUT2D eigenvalue weighted by molar-refractivity contribution is 7.86. The third-order valence-corrected chi connectivity index (χ3v) is 7.19. The van der Waals surface area contributed by atoms with Gasteiger partial charge in [-0.15, -0.1) is 0 Å². The summed E-state index contributed by atoms with van der Waals surface area (Å²) in [6, 6.07) is 0. The number of aromatic amines is 1. The SMILES string of the molecule is CCC(=O)N1CCC[C@@H](c2nc3c(c(=O)[nH]2)CN(S(=O)(=O)N(C)C)CC3)C1. The van der Waals surface area contributed by atoms with E-state index in [2.05, 4.69) is 9.97 Å². The molecule has 1 atom stereocenters. The number of hydrogen-bond donors (Lipinski definition) is 1. The molecular weight excluding hydrogens is 370 g/mol. The predicted molar refractivity (Wildman–Crippen MR) is 100 cm³/mol. The molecule has 1 aromatic rings. The quantitative estimate of drug-likeness (QED) is 0.773. The lowest BCUT2D eigenvalue weighted by molar-refractivity contribution is -0.132. The summed E-state index contributed by atoms with van der Waals surface area (Å²) in [6.45, 7) is 3.49. The van der Waals surface area contributed by atoms with Gasteiger partial charge in [-0.25, -0.2) is 4.98 Å². The Morgan fingerprint density at radius 1 is 1.33 bits per heavy atom. The average Bonchev–Trinajstić information content (AvgIpc) is 2.66. The summed E-state index contributed by atoms with van der Waals surface area (Å²) in [6.07, 6.45) is 2.63. The second-order valence-electron chi connectivity index (χ2n) is 7.28. The van der Waals surface area contributed by atoms with Crippen LogP contribution in [0, 0.1) is 0 Å². The van der Waals surface area contributed by atoms with Gasteiger partial charge in [-0.05, 0) is 12.8 Å². The molecule has 2 aliphatic rings. The average molecular weight is 398 g/mol. The van der Waals surface area contributed by atoms with E-state index in [1.165, 1.54) is 18.4 Å². The van der Waals surface area contributed by atoms with Crippen molar-refractivity contribution in [2.75, 3.05) is 33.7 Å². The maximum absolute atomic E-state index is 12.6. The number of rotatable bonds is 4. The van der Waals surface area contributed by atoms with Crippen LogP contribution in [-0.4, -0.2) is 71.5 Å². The molecule has 1 N–H and O–H groups in total. The van der Waals surface area contributed by atoms with Crippen molar-refractivity contribution in [3.63, 3.8) is 0 Å². The Morgan fingerprint density at radius 3 is 2.74 bits per heavy atom. The summed E-state index contributed by atoms with van der Waals surface area (Å²) >= 11 is 0. The maximum atomic E-state index is 12.6. The van der Waals surface area contributed by atoms with Crippen LogP contribution in [0.3, 0.4) is 0 Å². The highest BCUT2D eigenvalue weighted by Crippen LogP contribution is 2.26. The number of fused-ring (bicyclic) bond motifs is 1. The number of amides is 1. The topological polar surface area (TPSA) is 107 Å². The Labute approximate surface area is 159 Å². The maximum Gasteiger partial charge on any atom is 0.281 e. The van der Waals surface area contributed by atoms with Crippen molar-refractivity contribution in [1.82, 2.24) is 23.5 Å². The Kier molecular flexibility index (Phi) is 5.68. The van der Waals surface area contributed by atoms with E-state index in [1.807, 2.05) is 11.8 Å². The van der Waals surface area contributed by atoms with Gasteiger partial charge in [0.25, 0.3) is 15.8 Å². The highest BCUT2D eigenvalue weighted by atomic mass is 32.2. The summed E-state index contributed by atoms with van der Waals surface area (Å²) in [4.78, 5) is 34.0. The van der Waals surface area contributed by atoms with E-state index in [0.717, 1.165) is 23.7 Å². The first-order valence-electron chi connectivity index (χ1n) is 9.31. The van der Waals surface area contributed by atoms with Crippen molar-refractivity contribution in [1.29, 1.82) is 0 Å². The van der Waals surface area contributed by atoms with Gasteiger partial charge in [-0.3, -0.25) is 9.59 Å². The first-order chi connectivity index (χ1) is 12.7. The zero-order valence-corrected chi connectivity index (χ0v) is 16.9. The minimum atomic E-state index is -3.57. The van der Waals surface area contributed by atoms with Gasteiger partial charge in [0.15, 0.2) is 0 Å². The molecule has 10 heteroatoms. The summed E-state index contributed by atoms with van der Waals surface area (Å²) in [7, 11) is -0.618. The molecule has 0 bridgehead atoms. The van der Waals surface area contributed by atoms with Gasteiger partial charge in [0.1, 0.15) is 5.82 Å². The number of nitrogens with zero attached hydrogens (tertiary/aromatic N) is 4. The van der Waals surface area contributed by atoms with Crippen molar-refractivity contribution in [3.05, 3.63) is 27.4 Å². The minimum Gasteiger partial charge on any atom is -0.342 e. The molecule has 150 valence electrons. The van der Waals surface area contributed by atoms with Crippen molar-refractivity contribution >= 4 is 16.1 Å². The van der Waals surface area contributed by atoms with E-state index in [0.29, 0.717) is 43.0 Å². The zero-order chi connectivity index (χ0) is 19.8. The first-order valence-corrected chi connectivity index (χ1v) is 10.7. The van der Waals surface area contributed by atoms with Crippen LogP contribution in [0.15, 0.2) is 4.79 Å². The molecule has 0 radical (unpaired) electrons. The van der Waals surface area contributed by atoms with Gasteiger partial charge in [0.05, 0.1) is 11.3 Å². The number of likely N-dealkylation sites (tertiary alicyclic amines) is 1. The van der Waals surface area contributed by atoms with E-state index in [1.54, 1.807) is 0 Å². The zero-order valence-electron chi connectivity index (χ0n) is 16.1. The van der Waals surface area contributed by atoms with Crippen LogP contribution in [0.4, 0.5) is 0 Å². The highest BCUT2D eigenvalue weighted by Gasteiger charge is 2.32. The lowest BCUT2D eigenvalue weighted by atomic mass is 9.96. The Hall–Kier alpha value is -1.78. The second-order valence-corrected chi connectivity index (χ2v) is 9.42. The fourth-order valence-electron chi connectivity index (χ4n) is 3.69. The van der Waals surface area contributed by atoms with E-state index < -0.39 is 10.2 Å². The molecule has 9 nitrogen and oxygen atoms in total. The molecule has 0 spiro atoms. The fraction of sp³-hybridized carbons (Fsp3) is 0.706. The lowest BCUT2D eigenvalue weighted by Gasteiger charge is -2.33. The Balaban J connectivity index is 1.84. The van der Waals surface area contributed by atoms with Crippen LogP contribution >= 0.6 is 0 Å². The van der Waals surface area contributed by atoms with Crippen molar-refractivity contribution in [2.24, 2.45) is 0 Å². The van der Waals surface area contributed by atoms with Gasteiger partial charge in [0.2, 0.25) is 5.91 Å². The van der Waals surface area contributed by atoms with Crippen LogP contribution < -0.4 is 5.56 Å². The number of hydrogen-bond acceptors (Lipinski definition) is 5. The summed E-state index contributed by atoms with van der Waals surface area (Å²) < 4.78 is 27.1. The van der Waals surface area contributed by atoms with Crippen LogP contribution in [0.1, 0.15) is 49.2 Å². The largest absolute Gasteiger partial charge is 0.342 e. The van der Waals surface area contributed by atoms with Gasteiger partial charge in [-0.1, -0.05) is 6.92 Å². The molecule has 1 amide bonds. The van der Waals surface area contributed by atoms with Crippen LogP contribution in [0.5, 0.6) is 0 Å². The van der Waals surface area contributed by atoms with E-state index in [9.17, 15) is 18.0 Å². The molecule has 0 saturated carbocycles. The fourth-order valence-corrected chi connectivity index (χ4v) is 4.77. The number of nitrogens with one attached hydrogen (secondary N) is 1. The van der Waals surface area contributed by atoms with Gasteiger partial charge >= 0.3 is 0 Å². The smallest absolute Gasteiger partial charge is 0.281 e. The molecule has 27 heavy (non-hydrogen) atoms. The first kappa shape index (κ1) is 20.0. The number of piperidine rings is 1. The van der Waals surface area contributed by atoms with Crippen molar-refractivity contribution in [2.45, 2.75) is 45.1 Å². The molecule has 0 aliphatic carbocycles. The van der Waals surface area contributed by atoms with E-state index in [4.69, 9.17) is 0 Å². The summed E-state index contributed by atoms with van der Waals surface area (Å²) in [5.41, 5.74) is 0.790. The van der Waals surface area contributed by atoms with Gasteiger partial charge in [0, 0.05) is 59.0 Å². The molecule has 0 unspecified atom stereocenters. The molecule has 3 rings (SSSR count). The summed E-state index contributed by atoms with van der Waals surface area (Å²) in [5, 5.41) is 0. The Bertz CT molecular complexity index is 880. The third kappa shape index (κ3) is 3.92. The third-order valence-electron chi connectivity index (χ3n) is 5.30. The minimum absolute atomic E-state index is 0.00999. The van der Waals surface area contributed by atoms with E-state index in [-0.39, 0.29) is 23.9 Å².